The fourth-order valence-corrected chi connectivity index (χ4v) is 4.13. The van der Waals surface area contributed by atoms with Gasteiger partial charge in [0, 0.05) is 38.3 Å². The van der Waals surface area contributed by atoms with Crippen LogP contribution < -0.4 is 5.48 Å². The minimum Gasteiger partial charge on any atom is -0.336 e. The summed E-state index contributed by atoms with van der Waals surface area (Å²) in [5, 5.41) is 8.59. The Balaban J connectivity index is 0.00000361. The van der Waals surface area contributed by atoms with Gasteiger partial charge in [-0.05, 0) is 35.4 Å². The fraction of sp³-hybridized carbons (Fsp3) is 0.179. The highest BCUT2D eigenvalue weighted by atomic mass is 35.5. The molecule has 1 saturated heterocycles. The van der Waals surface area contributed by atoms with Gasteiger partial charge in [0.1, 0.15) is 0 Å². The summed E-state index contributed by atoms with van der Waals surface area (Å²) >= 11 is 0. The lowest BCUT2D eigenvalue weighted by Gasteiger charge is -2.41. The average molecular weight is 505 g/mol. The van der Waals surface area contributed by atoms with Crippen LogP contribution in [0.1, 0.15) is 28.6 Å². The summed E-state index contributed by atoms with van der Waals surface area (Å²) in [5.74, 6) is -0.699. The first-order valence-corrected chi connectivity index (χ1v) is 11.5. The number of aromatic nitrogens is 1. The minimum absolute atomic E-state index is 0. The van der Waals surface area contributed by atoms with Crippen molar-refractivity contribution in [2.75, 3.05) is 19.6 Å². The molecule has 1 fully saturated rings. The molecule has 36 heavy (non-hydrogen) atoms. The molecule has 2 amide bonds. The Morgan fingerprint density at radius 1 is 0.889 bits per heavy atom. The zero-order valence-corrected chi connectivity index (χ0v) is 20.6. The van der Waals surface area contributed by atoms with E-state index in [1.807, 2.05) is 29.2 Å². The lowest BCUT2D eigenvalue weighted by molar-refractivity contribution is -0.129. The molecule has 3 aromatic rings. The molecule has 1 aliphatic heterocycles. The number of pyridine rings is 1. The highest BCUT2D eigenvalue weighted by Gasteiger charge is 2.29. The number of hydrogen-bond acceptors (Lipinski definition) is 5. The second-order valence-corrected chi connectivity index (χ2v) is 8.30. The van der Waals surface area contributed by atoms with Gasteiger partial charge in [0.05, 0.1) is 17.4 Å². The van der Waals surface area contributed by atoms with E-state index in [4.69, 9.17) is 5.21 Å². The second kappa shape index (κ2) is 13.3. The number of piperazine rings is 1. The highest BCUT2D eigenvalue weighted by Crippen LogP contribution is 2.27. The first-order chi connectivity index (χ1) is 17.1. The van der Waals surface area contributed by atoms with Crippen molar-refractivity contribution < 1.29 is 14.8 Å². The van der Waals surface area contributed by atoms with Gasteiger partial charge < -0.3 is 4.90 Å². The highest BCUT2D eigenvalue weighted by molar-refractivity contribution is 5.92. The zero-order valence-electron chi connectivity index (χ0n) is 19.7. The maximum absolute atomic E-state index is 13.1. The predicted octanol–water partition coefficient (Wildman–Crippen LogP) is 4.12. The largest absolute Gasteiger partial charge is 0.336 e. The number of rotatable bonds is 7. The second-order valence-electron chi connectivity index (χ2n) is 8.30. The summed E-state index contributed by atoms with van der Waals surface area (Å²) in [4.78, 5) is 32.9. The van der Waals surface area contributed by atoms with Crippen molar-refractivity contribution in [3.8, 4) is 0 Å². The van der Waals surface area contributed by atoms with Crippen molar-refractivity contribution in [2.24, 2.45) is 0 Å². The number of hydroxylamine groups is 1. The minimum atomic E-state index is -0.637. The van der Waals surface area contributed by atoms with Crippen LogP contribution in [0.3, 0.4) is 0 Å². The number of halogens is 1. The molecular formula is C28H29ClN4O3. The van der Waals surface area contributed by atoms with E-state index in [9.17, 15) is 9.59 Å². The molecule has 0 bridgehead atoms. The zero-order chi connectivity index (χ0) is 24.5. The molecule has 1 aromatic heterocycles. The maximum Gasteiger partial charge on any atom is 0.267 e. The maximum atomic E-state index is 13.1. The average Bonchev–Trinajstić information content (AvgIpc) is 2.92. The van der Waals surface area contributed by atoms with E-state index in [2.05, 4.69) is 46.3 Å². The lowest BCUT2D eigenvalue weighted by Crippen LogP contribution is -2.49. The fourth-order valence-electron chi connectivity index (χ4n) is 4.13. The van der Waals surface area contributed by atoms with Crippen LogP contribution in [0.4, 0.5) is 0 Å². The Morgan fingerprint density at radius 2 is 1.53 bits per heavy atom. The van der Waals surface area contributed by atoms with Gasteiger partial charge in [0.25, 0.3) is 5.91 Å². The molecule has 1 unspecified atom stereocenters. The van der Waals surface area contributed by atoms with Crippen molar-refractivity contribution in [1.82, 2.24) is 20.3 Å². The van der Waals surface area contributed by atoms with Crippen LogP contribution in [0.15, 0.2) is 91.0 Å². The van der Waals surface area contributed by atoms with Crippen LogP contribution in [0.25, 0.3) is 12.2 Å². The Bertz CT molecular complexity index is 1200. The van der Waals surface area contributed by atoms with Crippen LogP contribution in [0.2, 0.25) is 0 Å². The number of nitrogens with one attached hydrogen (secondary N) is 1. The Labute approximate surface area is 217 Å². The van der Waals surface area contributed by atoms with E-state index in [0.29, 0.717) is 24.5 Å². The molecule has 7 nitrogen and oxygen atoms in total. The van der Waals surface area contributed by atoms with Crippen LogP contribution in [0, 0.1) is 0 Å². The van der Waals surface area contributed by atoms with Crippen molar-refractivity contribution in [3.63, 3.8) is 0 Å². The summed E-state index contributed by atoms with van der Waals surface area (Å²) in [6, 6.07) is 26.1. The number of carbonyl (C=O) groups is 2. The Hall–Kier alpha value is -3.78. The molecule has 0 aliphatic carbocycles. The van der Waals surface area contributed by atoms with Gasteiger partial charge in [-0.2, -0.15) is 0 Å². The van der Waals surface area contributed by atoms with E-state index in [-0.39, 0.29) is 24.4 Å². The molecule has 4 rings (SSSR count). The molecule has 1 aliphatic rings. The predicted molar refractivity (Wildman–Crippen MR) is 142 cm³/mol. The monoisotopic (exact) mass is 504 g/mol. The molecule has 8 heteroatoms. The van der Waals surface area contributed by atoms with Crippen molar-refractivity contribution in [3.05, 3.63) is 114 Å². The number of benzene rings is 2. The summed E-state index contributed by atoms with van der Waals surface area (Å²) < 4.78 is 0. The summed E-state index contributed by atoms with van der Waals surface area (Å²) in [7, 11) is 0. The smallest absolute Gasteiger partial charge is 0.267 e. The molecule has 0 saturated carbocycles. The molecule has 2 aromatic carbocycles. The normalized spacial score (nSPS) is 16.1. The summed E-state index contributed by atoms with van der Waals surface area (Å²) in [5.41, 5.74) is 5.13. The van der Waals surface area contributed by atoms with E-state index in [1.54, 1.807) is 30.4 Å². The van der Waals surface area contributed by atoms with Gasteiger partial charge in [-0.25, -0.2) is 10.5 Å². The van der Waals surface area contributed by atoms with Gasteiger partial charge >= 0.3 is 0 Å². The number of carbonyl (C=O) groups excluding carboxylic acids is 2. The number of nitrogens with zero attached hydrogens (tertiary/aromatic N) is 3. The third-order valence-electron chi connectivity index (χ3n) is 5.92. The summed E-state index contributed by atoms with van der Waals surface area (Å²) in [6.45, 7) is 2.86. The van der Waals surface area contributed by atoms with Gasteiger partial charge in [-0.3, -0.25) is 19.7 Å². The van der Waals surface area contributed by atoms with Crippen LogP contribution in [-0.2, 0) is 16.1 Å². The van der Waals surface area contributed by atoms with Crippen LogP contribution >= 0.6 is 12.4 Å². The molecule has 1 atom stereocenters. The lowest BCUT2D eigenvalue weighted by atomic mass is 10.0. The van der Waals surface area contributed by atoms with Crippen molar-refractivity contribution in [1.29, 1.82) is 0 Å². The Morgan fingerprint density at radius 3 is 2.19 bits per heavy atom. The Kier molecular flexibility index (Phi) is 9.94. The topological polar surface area (TPSA) is 85.8 Å². The van der Waals surface area contributed by atoms with E-state index >= 15 is 0 Å². The van der Waals surface area contributed by atoms with Crippen LogP contribution in [-0.4, -0.2) is 51.4 Å². The molecular weight excluding hydrogens is 476 g/mol. The summed E-state index contributed by atoms with van der Waals surface area (Å²) in [6.07, 6.45) is 5.89. The molecule has 0 spiro atoms. The third-order valence-corrected chi connectivity index (χ3v) is 5.92. The van der Waals surface area contributed by atoms with Crippen LogP contribution in [0.5, 0.6) is 0 Å². The first-order valence-electron chi connectivity index (χ1n) is 11.5. The van der Waals surface area contributed by atoms with E-state index in [0.717, 1.165) is 13.1 Å². The van der Waals surface area contributed by atoms with Gasteiger partial charge in [-0.1, -0.05) is 66.7 Å². The molecule has 0 radical (unpaired) electrons. The third kappa shape index (κ3) is 7.36. The molecule has 2 N–H and O–H groups in total. The molecule has 186 valence electrons. The first kappa shape index (κ1) is 26.8. The van der Waals surface area contributed by atoms with Gasteiger partial charge in [0.15, 0.2) is 0 Å². The SMILES string of the molecule is Cl.O=C(C=Cc1cccc(C=CC(=O)N2CCN(Cc3ccccc3)C(c3ccccc3)C2)n1)NO. The van der Waals surface area contributed by atoms with E-state index < -0.39 is 5.91 Å². The van der Waals surface area contributed by atoms with Crippen molar-refractivity contribution >= 4 is 36.4 Å². The quantitative estimate of drug-likeness (QED) is 0.287. The standard InChI is InChI=1S/C28H28N4O3.ClH/c33-27(30-35)16-14-24-12-7-13-25(29-24)15-17-28(34)32-19-18-31(20-22-8-3-1-4-9-22)26(21-32)23-10-5-2-6-11-23;/h1-17,26,35H,18-21H2,(H,30,33);1H. The van der Waals surface area contributed by atoms with Gasteiger partial charge in [-0.15, -0.1) is 12.4 Å². The molecule has 2 heterocycles. The van der Waals surface area contributed by atoms with Gasteiger partial charge in [0.2, 0.25) is 5.91 Å². The number of amides is 2. The number of hydrogen-bond donors (Lipinski definition) is 2. The van der Waals surface area contributed by atoms with E-state index in [1.165, 1.54) is 28.8 Å². The van der Waals surface area contributed by atoms with Crippen molar-refractivity contribution in [2.45, 2.75) is 12.6 Å².